The van der Waals surface area contributed by atoms with Crippen molar-refractivity contribution in [2.45, 2.75) is 18.9 Å². The van der Waals surface area contributed by atoms with Crippen molar-refractivity contribution in [2.75, 3.05) is 38.2 Å². The highest BCUT2D eigenvalue weighted by Crippen LogP contribution is 2.29. The number of ether oxygens (including phenoxy) is 1. The molecule has 2 aromatic heterocycles. The van der Waals surface area contributed by atoms with E-state index in [9.17, 15) is 18.8 Å². The van der Waals surface area contributed by atoms with E-state index in [2.05, 4.69) is 27.0 Å². The summed E-state index contributed by atoms with van der Waals surface area (Å²) >= 11 is 0. The summed E-state index contributed by atoms with van der Waals surface area (Å²) in [5.41, 5.74) is 6.49. The molecule has 0 aliphatic carbocycles. The van der Waals surface area contributed by atoms with Crippen LogP contribution in [0.4, 0.5) is 20.7 Å². The van der Waals surface area contributed by atoms with Crippen molar-refractivity contribution in [3.63, 3.8) is 0 Å². The first-order chi connectivity index (χ1) is 17.2. The molecule has 3 amide bonds. The van der Waals surface area contributed by atoms with E-state index in [-0.39, 0.29) is 40.3 Å². The number of nitrogens with one attached hydrogen (secondary N) is 1. The van der Waals surface area contributed by atoms with Crippen molar-refractivity contribution < 1.29 is 23.5 Å². The van der Waals surface area contributed by atoms with Gasteiger partial charge in [-0.2, -0.15) is 5.10 Å². The minimum atomic E-state index is -0.838. The Bertz CT molecular complexity index is 1360. The Kier molecular flexibility index (Phi) is 6.81. The highest BCUT2D eigenvalue weighted by molar-refractivity contribution is 6.13. The lowest BCUT2D eigenvalue weighted by molar-refractivity contribution is -0.127. The van der Waals surface area contributed by atoms with Crippen molar-refractivity contribution in [1.29, 1.82) is 0 Å². The lowest BCUT2D eigenvalue weighted by Crippen LogP contribution is -2.40. The number of aromatic nitrogens is 4. The summed E-state index contributed by atoms with van der Waals surface area (Å²) in [5.74, 6) is -1.91. The number of nitrogen functional groups attached to an aromatic ring is 1. The third-order valence-electron chi connectivity index (χ3n) is 5.71. The molecule has 0 saturated carbocycles. The molecule has 1 saturated heterocycles. The number of hydrogen-bond acceptors (Lipinski definition) is 8. The second-order valence-electron chi connectivity index (χ2n) is 8.40. The Morgan fingerprint density at radius 2 is 2.08 bits per heavy atom. The molecule has 0 radical (unpaired) electrons. The van der Waals surface area contributed by atoms with E-state index in [1.165, 1.54) is 38.6 Å². The molecule has 36 heavy (non-hydrogen) atoms. The monoisotopic (exact) mass is 496 g/mol. The molecule has 1 aromatic carbocycles. The Hall–Kier alpha value is -4.55. The number of halogens is 1. The Labute approximate surface area is 205 Å². The number of nitrogens with two attached hydrogens (primary N) is 1. The van der Waals surface area contributed by atoms with Crippen LogP contribution in [0.15, 0.2) is 37.2 Å². The molecule has 1 aliphatic rings. The van der Waals surface area contributed by atoms with E-state index in [0.29, 0.717) is 25.2 Å². The first-order valence-corrected chi connectivity index (χ1v) is 11.1. The molecule has 188 valence electrons. The molecule has 3 N–H and O–H groups in total. The van der Waals surface area contributed by atoms with E-state index >= 15 is 0 Å². The van der Waals surface area contributed by atoms with Crippen LogP contribution in [0.25, 0.3) is 11.0 Å². The smallest absolute Gasteiger partial charge is 0.407 e. The van der Waals surface area contributed by atoms with Crippen molar-refractivity contribution in [2.24, 2.45) is 0 Å². The largest absolute Gasteiger partial charge is 0.414 e. The highest BCUT2D eigenvalue weighted by Gasteiger charge is 2.29. The minimum absolute atomic E-state index is 0.0428. The number of nitrogens with zero attached hydrogens (tertiary/aromatic N) is 6. The number of carbonyl (C=O) groups excluding carboxylic acids is 3. The maximum atomic E-state index is 14.5. The maximum Gasteiger partial charge on any atom is 0.414 e. The van der Waals surface area contributed by atoms with Crippen LogP contribution < -0.4 is 15.8 Å². The number of benzene rings is 1. The van der Waals surface area contributed by atoms with Crippen LogP contribution in [-0.4, -0.2) is 74.6 Å². The van der Waals surface area contributed by atoms with Crippen molar-refractivity contribution in [3.05, 3.63) is 48.7 Å². The molecule has 1 aliphatic heterocycles. The molecular weight excluding hydrogens is 471 g/mol. The van der Waals surface area contributed by atoms with Crippen molar-refractivity contribution in [1.82, 2.24) is 29.5 Å². The summed E-state index contributed by atoms with van der Waals surface area (Å²) in [6, 6.07) is 3.39. The summed E-state index contributed by atoms with van der Waals surface area (Å²) in [4.78, 5) is 48.1. The lowest BCUT2D eigenvalue weighted by atomic mass is 10.1. The number of piperidine rings is 1. The summed E-state index contributed by atoms with van der Waals surface area (Å²) in [5, 5.41) is 7.31. The van der Waals surface area contributed by atoms with Gasteiger partial charge in [-0.05, 0) is 31.1 Å². The zero-order valence-electron chi connectivity index (χ0n) is 19.8. The van der Waals surface area contributed by atoms with Gasteiger partial charge in [0.05, 0.1) is 11.4 Å². The SMILES string of the molecule is C=CC(=O)N1CCCC(n2nc(C(=O)Nc3ccc(OC(=O)N(C)C)c(F)c3)c3c(N)ncnc32)C1. The maximum absolute atomic E-state index is 14.5. The number of carbonyl (C=O) groups is 3. The fraction of sp³-hybridized carbons (Fsp3) is 0.304. The highest BCUT2D eigenvalue weighted by atomic mass is 19.1. The first kappa shape index (κ1) is 24.6. The fourth-order valence-electron chi connectivity index (χ4n) is 3.93. The van der Waals surface area contributed by atoms with Crippen molar-refractivity contribution >= 4 is 40.4 Å². The normalized spacial score (nSPS) is 15.4. The number of anilines is 2. The van der Waals surface area contributed by atoms with Gasteiger partial charge in [-0.1, -0.05) is 6.58 Å². The minimum Gasteiger partial charge on any atom is -0.407 e. The van der Waals surface area contributed by atoms with E-state index in [4.69, 9.17) is 10.5 Å². The topological polar surface area (TPSA) is 149 Å². The van der Waals surface area contributed by atoms with E-state index in [0.717, 1.165) is 17.4 Å². The Morgan fingerprint density at radius 1 is 1.31 bits per heavy atom. The predicted octanol–water partition coefficient (Wildman–Crippen LogP) is 2.21. The summed E-state index contributed by atoms with van der Waals surface area (Å²) in [6.07, 6.45) is 3.23. The Balaban J connectivity index is 1.62. The average Bonchev–Trinajstić information content (AvgIpc) is 3.26. The summed E-state index contributed by atoms with van der Waals surface area (Å²) in [6.45, 7) is 4.50. The van der Waals surface area contributed by atoms with Crippen LogP contribution >= 0.6 is 0 Å². The number of likely N-dealkylation sites (tertiary alicyclic amines) is 1. The summed E-state index contributed by atoms with van der Waals surface area (Å²) < 4.78 is 21.0. The van der Waals surface area contributed by atoms with Crippen LogP contribution in [0.2, 0.25) is 0 Å². The van der Waals surface area contributed by atoms with E-state index in [1.807, 2.05) is 0 Å². The molecule has 4 rings (SSSR count). The third kappa shape index (κ3) is 4.80. The van der Waals surface area contributed by atoms with E-state index < -0.39 is 17.8 Å². The van der Waals surface area contributed by atoms with E-state index in [1.54, 1.807) is 9.58 Å². The lowest BCUT2D eigenvalue weighted by Gasteiger charge is -2.32. The van der Waals surface area contributed by atoms with Crippen LogP contribution in [0.5, 0.6) is 5.75 Å². The molecule has 1 atom stereocenters. The van der Waals surface area contributed by atoms with Gasteiger partial charge in [-0.15, -0.1) is 0 Å². The first-order valence-electron chi connectivity index (χ1n) is 11.1. The van der Waals surface area contributed by atoms with Gasteiger partial charge in [0.2, 0.25) is 5.91 Å². The van der Waals surface area contributed by atoms with Gasteiger partial charge in [-0.3, -0.25) is 9.59 Å². The molecule has 1 fully saturated rings. The van der Waals surface area contributed by atoms with Gasteiger partial charge in [0.1, 0.15) is 12.1 Å². The molecule has 12 nitrogen and oxygen atoms in total. The Morgan fingerprint density at radius 3 is 2.78 bits per heavy atom. The van der Waals surface area contributed by atoms with Crippen LogP contribution in [0.3, 0.4) is 0 Å². The fourth-order valence-corrected chi connectivity index (χ4v) is 3.93. The number of amides is 3. The molecule has 13 heteroatoms. The molecule has 1 unspecified atom stereocenters. The van der Waals surface area contributed by atoms with Gasteiger partial charge < -0.3 is 25.6 Å². The van der Waals surface area contributed by atoms with Crippen LogP contribution in [-0.2, 0) is 4.79 Å². The number of rotatable bonds is 5. The van der Waals surface area contributed by atoms with Crippen LogP contribution in [0, 0.1) is 5.82 Å². The summed E-state index contributed by atoms with van der Waals surface area (Å²) in [7, 11) is 2.94. The molecule has 0 spiro atoms. The van der Waals surface area contributed by atoms with Gasteiger partial charge in [-0.25, -0.2) is 23.8 Å². The molecular formula is C23H25FN8O4. The van der Waals surface area contributed by atoms with Gasteiger partial charge in [0.15, 0.2) is 22.9 Å². The molecule has 3 heterocycles. The standard InChI is InChI=1S/C23H25FN8O4/c1-4-17(33)31-9-5-6-14(11-31)32-21-18(20(25)26-12-27-21)19(29-32)22(34)28-13-7-8-16(15(24)10-13)36-23(35)30(2)3/h4,7-8,10,12,14H,1,5-6,9,11H2,2-3H3,(H,28,34)(H2,25,26,27). The van der Waals surface area contributed by atoms with Crippen LogP contribution in [0.1, 0.15) is 29.4 Å². The van der Waals surface area contributed by atoms with Gasteiger partial charge in [0, 0.05) is 38.9 Å². The van der Waals surface area contributed by atoms with Gasteiger partial charge in [0.25, 0.3) is 5.91 Å². The van der Waals surface area contributed by atoms with Gasteiger partial charge >= 0.3 is 6.09 Å². The zero-order chi connectivity index (χ0) is 26.0. The second kappa shape index (κ2) is 9.98. The molecule has 3 aromatic rings. The third-order valence-corrected chi connectivity index (χ3v) is 5.71. The quantitative estimate of drug-likeness (QED) is 0.511. The number of hydrogen-bond donors (Lipinski definition) is 2. The zero-order valence-corrected chi connectivity index (χ0v) is 19.8. The predicted molar refractivity (Wildman–Crippen MR) is 129 cm³/mol. The van der Waals surface area contributed by atoms with Crippen molar-refractivity contribution in [3.8, 4) is 5.75 Å². The average molecular weight is 497 g/mol. The number of fused-ring (bicyclic) bond motifs is 1. The second-order valence-corrected chi connectivity index (χ2v) is 8.40. The molecule has 0 bridgehead atoms.